The highest BCUT2D eigenvalue weighted by molar-refractivity contribution is 6.35. The molecule has 188 valence electrons. The SMILES string of the molecule is COc1ccc(/C=C/C(=O)N2CCN(Cc3ccc(Cl)cc3Cl)CC2)cc1COc1ccccc1C. The first-order valence-corrected chi connectivity index (χ1v) is 12.7. The summed E-state index contributed by atoms with van der Waals surface area (Å²) in [5, 5.41) is 1.31. The topological polar surface area (TPSA) is 42.0 Å². The second kappa shape index (κ2) is 12.3. The van der Waals surface area contributed by atoms with Crippen molar-refractivity contribution in [1.29, 1.82) is 0 Å². The molecule has 1 aliphatic rings. The van der Waals surface area contributed by atoms with E-state index in [2.05, 4.69) is 4.90 Å². The van der Waals surface area contributed by atoms with Gasteiger partial charge in [0.05, 0.1) is 7.11 Å². The number of aryl methyl sites for hydroxylation is 1. The molecular formula is C29H30Cl2N2O3. The Morgan fingerprint density at radius 2 is 1.72 bits per heavy atom. The van der Waals surface area contributed by atoms with E-state index >= 15 is 0 Å². The van der Waals surface area contributed by atoms with Crippen molar-refractivity contribution in [3.8, 4) is 11.5 Å². The number of carbonyl (C=O) groups is 1. The zero-order valence-electron chi connectivity index (χ0n) is 20.5. The molecule has 0 spiro atoms. The maximum absolute atomic E-state index is 12.8. The highest BCUT2D eigenvalue weighted by atomic mass is 35.5. The first-order valence-electron chi connectivity index (χ1n) is 11.9. The van der Waals surface area contributed by atoms with E-state index in [1.807, 2.05) is 72.5 Å². The average molecular weight is 525 g/mol. The Kier molecular flexibility index (Phi) is 8.92. The van der Waals surface area contributed by atoms with E-state index in [-0.39, 0.29) is 5.91 Å². The normalized spacial score (nSPS) is 14.3. The van der Waals surface area contributed by atoms with Crippen LogP contribution in [0.3, 0.4) is 0 Å². The number of hydrogen-bond acceptors (Lipinski definition) is 4. The van der Waals surface area contributed by atoms with Crippen LogP contribution in [0.5, 0.6) is 11.5 Å². The Hall–Kier alpha value is -2.99. The lowest BCUT2D eigenvalue weighted by molar-refractivity contribution is -0.127. The summed E-state index contributed by atoms with van der Waals surface area (Å²) in [6.07, 6.45) is 3.48. The van der Waals surface area contributed by atoms with Crippen molar-refractivity contribution in [3.63, 3.8) is 0 Å². The molecule has 0 radical (unpaired) electrons. The predicted molar refractivity (Wildman–Crippen MR) is 146 cm³/mol. The number of halogens is 2. The van der Waals surface area contributed by atoms with Gasteiger partial charge >= 0.3 is 0 Å². The molecule has 3 aromatic rings. The van der Waals surface area contributed by atoms with E-state index in [9.17, 15) is 4.79 Å². The monoisotopic (exact) mass is 524 g/mol. The van der Waals surface area contributed by atoms with Gasteiger partial charge in [-0.1, -0.05) is 53.5 Å². The van der Waals surface area contributed by atoms with E-state index < -0.39 is 0 Å². The molecule has 1 saturated heterocycles. The maximum atomic E-state index is 12.8. The number of hydrogen-bond donors (Lipinski definition) is 0. The zero-order valence-corrected chi connectivity index (χ0v) is 22.1. The van der Waals surface area contributed by atoms with Crippen molar-refractivity contribution >= 4 is 35.2 Å². The fourth-order valence-corrected chi connectivity index (χ4v) is 4.65. The van der Waals surface area contributed by atoms with E-state index in [4.69, 9.17) is 32.7 Å². The Morgan fingerprint density at radius 3 is 2.44 bits per heavy atom. The van der Waals surface area contributed by atoms with Crippen LogP contribution in [0.1, 0.15) is 22.3 Å². The fourth-order valence-electron chi connectivity index (χ4n) is 4.18. The van der Waals surface area contributed by atoms with Crippen LogP contribution in [0, 0.1) is 6.92 Å². The molecular weight excluding hydrogens is 495 g/mol. The molecule has 1 heterocycles. The Morgan fingerprint density at radius 1 is 0.944 bits per heavy atom. The van der Waals surface area contributed by atoms with Crippen LogP contribution in [0.2, 0.25) is 10.0 Å². The predicted octanol–water partition coefficient (Wildman–Crippen LogP) is 6.25. The van der Waals surface area contributed by atoms with Crippen molar-refractivity contribution in [2.45, 2.75) is 20.1 Å². The van der Waals surface area contributed by atoms with Crippen LogP contribution >= 0.6 is 23.2 Å². The van der Waals surface area contributed by atoms with Crippen LogP contribution in [0.4, 0.5) is 0 Å². The summed E-state index contributed by atoms with van der Waals surface area (Å²) < 4.78 is 11.5. The number of nitrogens with zero attached hydrogens (tertiary/aromatic N) is 2. The summed E-state index contributed by atoms with van der Waals surface area (Å²) in [4.78, 5) is 17.0. The van der Waals surface area contributed by atoms with Gasteiger partial charge in [0.25, 0.3) is 0 Å². The number of para-hydroxylation sites is 1. The number of ether oxygens (including phenoxy) is 2. The van der Waals surface area contributed by atoms with Gasteiger partial charge in [0.1, 0.15) is 18.1 Å². The number of amides is 1. The average Bonchev–Trinajstić information content (AvgIpc) is 2.89. The third-order valence-electron chi connectivity index (χ3n) is 6.29. The largest absolute Gasteiger partial charge is 0.496 e. The molecule has 1 aliphatic heterocycles. The molecule has 5 nitrogen and oxygen atoms in total. The highest BCUT2D eigenvalue weighted by Crippen LogP contribution is 2.25. The maximum Gasteiger partial charge on any atom is 0.246 e. The lowest BCUT2D eigenvalue weighted by Gasteiger charge is -2.34. The van der Waals surface area contributed by atoms with Gasteiger partial charge < -0.3 is 14.4 Å². The van der Waals surface area contributed by atoms with Crippen molar-refractivity contribution in [2.24, 2.45) is 0 Å². The highest BCUT2D eigenvalue weighted by Gasteiger charge is 2.20. The number of carbonyl (C=O) groups excluding carboxylic acids is 1. The van der Waals surface area contributed by atoms with Gasteiger partial charge in [-0.2, -0.15) is 0 Å². The lowest BCUT2D eigenvalue weighted by atomic mass is 10.1. The standard InChI is InChI=1S/C29H30Cl2N2O3/c1-21-5-3-4-6-27(21)36-20-24-17-22(7-11-28(24)35-2)8-12-29(34)33-15-13-32(14-16-33)19-23-9-10-25(30)18-26(23)31/h3-12,17-18H,13-16,19-20H2,1-2H3/b12-8+. The van der Waals surface area contributed by atoms with Gasteiger partial charge in [0, 0.05) is 54.4 Å². The van der Waals surface area contributed by atoms with Gasteiger partial charge in [-0.25, -0.2) is 0 Å². The Balaban J connectivity index is 1.33. The van der Waals surface area contributed by atoms with Gasteiger partial charge in [0.2, 0.25) is 5.91 Å². The number of methoxy groups -OCH3 is 1. The zero-order chi connectivity index (χ0) is 25.5. The smallest absolute Gasteiger partial charge is 0.246 e. The molecule has 0 N–H and O–H groups in total. The van der Waals surface area contributed by atoms with Crippen molar-refractivity contribution in [1.82, 2.24) is 9.80 Å². The first kappa shape index (κ1) is 26.1. The molecule has 0 aromatic heterocycles. The van der Waals surface area contributed by atoms with E-state index in [1.54, 1.807) is 19.3 Å². The van der Waals surface area contributed by atoms with Crippen molar-refractivity contribution in [2.75, 3.05) is 33.3 Å². The molecule has 0 unspecified atom stereocenters. The van der Waals surface area contributed by atoms with E-state index in [0.717, 1.165) is 53.4 Å². The molecule has 36 heavy (non-hydrogen) atoms. The minimum absolute atomic E-state index is 0.00713. The number of rotatable bonds is 8. The minimum Gasteiger partial charge on any atom is -0.496 e. The second-order valence-electron chi connectivity index (χ2n) is 8.80. The second-order valence-corrected chi connectivity index (χ2v) is 9.64. The van der Waals surface area contributed by atoms with E-state index in [1.165, 1.54) is 0 Å². The van der Waals surface area contributed by atoms with Crippen LogP contribution < -0.4 is 9.47 Å². The molecule has 0 aliphatic carbocycles. The van der Waals surface area contributed by atoms with Crippen LogP contribution in [0.25, 0.3) is 6.08 Å². The molecule has 0 atom stereocenters. The molecule has 3 aromatic carbocycles. The summed E-state index contributed by atoms with van der Waals surface area (Å²) >= 11 is 12.3. The molecule has 1 fully saturated rings. The van der Waals surface area contributed by atoms with Gasteiger partial charge in [-0.05, 0) is 60.0 Å². The first-order chi connectivity index (χ1) is 17.4. The van der Waals surface area contributed by atoms with Crippen LogP contribution in [-0.4, -0.2) is 49.0 Å². The minimum atomic E-state index is 0.00713. The molecule has 0 bridgehead atoms. The summed E-state index contributed by atoms with van der Waals surface area (Å²) in [6.45, 7) is 6.07. The van der Waals surface area contributed by atoms with Gasteiger partial charge in [0.15, 0.2) is 0 Å². The van der Waals surface area contributed by atoms with E-state index in [0.29, 0.717) is 29.7 Å². The summed E-state index contributed by atoms with van der Waals surface area (Å²) in [5.41, 5.74) is 3.96. The lowest BCUT2D eigenvalue weighted by Crippen LogP contribution is -2.47. The van der Waals surface area contributed by atoms with Gasteiger partial charge in [-0.15, -0.1) is 0 Å². The van der Waals surface area contributed by atoms with Crippen LogP contribution in [0.15, 0.2) is 66.7 Å². The Labute approximate surface area is 222 Å². The third-order valence-corrected chi connectivity index (χ3v) is 6.88. The third kappa shape index (κ3) is 6.82. The molecule has 4 rings (SSSR count). The van der Waals surface area contributed by atoms with Crippen LogP contribution in [-0.2, 0) is 17.9 Å². The Bertz CT molecular complexity index is 1240. The van der Waals surface area contributed by atoms with Crippen molar-refractivity contribution in [3.05, 3.63) is 99.0 Å². The summed E-state index contributed by atoms with van der Waals surface area (Å²) in [5.74, 6) is 1.60. The fraction of sp³-hybridized carbons (Fsp3) is 0.276. The van der Waals surface area contributed by atoms with Gasteiger partial charge in [-0.3, -0.25) is 9.69 Å². The summed E-state index contributed by atoms with van der Waals surface area (Å²) in [6, 6.07) is 19.3. The van der Waals surface area contributed by atoms with Crippen molar-refractivity contribution < 1.29 is 14.3 Å². The quantitative estimate of drug-likeness (QED) is 0.326. The molecule has 1 amide bonds. The summed E-state index contributed by atoms with van der Waals surface area (Å²) in [7, 11) is 1.65. The number of benzene rings is 3. The number of piperazine rings is 1. The molecule has 0 saturated carbocycles. The molecule has 7 heteroatoms.